The fraction of sp³-hybridized carbons (Fsp3) is 0.185. The number of rotatable bonds is 5. The number of aldehydes is 1. The van der Waals surface area contributed by atoms with Crippen molar-refractivity contribution in [1.29, 1.82) is 0 Å². The number of hydrogen-bond donors (Lipinski definition) is 0. The number of halogens is 2. The van der Waals surface area contributed by atoms with Gasteiger partial charge in [-0.2, -0.15) is 0 Å². The third kappa shape index (κ3) is 3.67. The third-order valence-corrected chi connectivity index (χ3v) is 6.75. The summed E-state index contributed by atoms with van der Waals surface area (Å²) in [4.78, 5) is 34.0. The van der Waals surface area contributed by atoms with Crippen LogP contribution in [-0.2, 0) is 13.6 Å². The molecule has 2 aliphatic rings. The van der Waals surface area contributed by atoms with E-state index in [0.717, 1.165) is 35.7 Å². The summed E-state index contributed by atoms with van der Waals surface area (Å²) in [6.45, 7) is 7.23. The molecule has 1 aliphatic heterocycles. The standard InChI is InChI=1S/C27H18F2N6O2/c1-30-17-5-6-18(19(10-17)26-33-31-13-34(26)2)15-8-22(14-3-4-14)32-23(9-15)35-11-21-20(27(35)37)7-16(12-36)24(28)25(21)29/h5-10,12-14H,3-4,11H2,2H3. The minimum absolute atomic E-state index is 0.0534. The molecule has 0 spiro atoms. The lowest BCUT2D eigenvalue weighted by molar-refractivity contribution is 0.0996. The topological polar surface area (TPSA) is 85.3 Å². The number of benzene rings is 2. The Morgan fingerprint density at radius 2 is 1.89 bits per heavy atom. The van der Waals surface area contributed by atoms with E-state index in [4.69, 9.17) is 11.6 Å². The normalized spacial score (nSPS) is 14.5. The molecule has 182 valence electrons. The highest BCUT2D eigenvalue weighted by molar-refractivity contribution is 6.10. The molecule has 1 amide bonds. The molecule has 0 N–H and O–H groups in total. The Labute approximate surface area is 210 Å². The van der Waals surface area contributed by atoms with E-state index >= 15 is 0 Å². The molecular weight excluding hydrogens is 478 g/mol. The van der Waals surface area contributed by atoms with Gasteiger partial charge in [0.25, 0.3) is 5.91 Å². The van der Waals surface area contributed by atoms with Gasteiger partial charge in [-0.15, -0.1) is 10.2 Å². The van der Waals surface area contributed by atoms with Crippen molar-refractivity contribution in [3.05, 3.63) is 88.2 Å². The first-order valence-electron chi connectivity index (χ1n) is 11.6. The van der Waals surface area contributed by atoms with E-state index < -0.39 is 23.1 Å². The predicted octanol–water partition coefficient (Wildman–Crippen LogP) is 5.22. The Bertz CT molecular complexity index is 1670. The maximum atomic E-state index is 14.7. The van der Waals surface area contributed by atoms with Crippen LogP contribution >= 0.6 is 0 Å². The maximum Gasteiger partial charge on any atom is 0.260 e. The Morgan fingerprint density at radius 1 is 1.08 bits per heavy atom. The molecule has 37 heavy (non-hydrogen) atoms. The summed E-state index contributed by atoms with van der Waals surface area (Å²) in [6, 6.07) is 10.0. The van der Waals surface area contributed by atoms with Gasteiger partial charge in [0.1, 0.15) is 12.1 Å². The molecule has 1 saturated carbocycles. The highest BCUT2D eigenvalue weighted by Gasteiger charge is 2.36. The lowest BCUT2D eigenvalue weighted by Crippen LogP contribution is -2.24. The third-order valence-electron chi connectivity index (χ3n) is 6.75. The summed E-state index contributed by atoms with van der Waals surface area (Å²) >= 11 is 0. The van der Waals surface area contributed by atoms with Crippen molar-refractivity contribution >= 4 is 23.7 Å². The van der Waals surface area contributed by atoms with Crippen LogP contribution in [0.1, 0.15) is 50.7 Å². The molecule has 2 aromatic heterocycles. The summed E-state index contributed by atoms with van der Waals surface area (Å²) in [5, 5.41) is 8.18. The van der Waals surface area contributed by atoms with Crippen molar-refractivity contribution in [2.45, 2.75) is 25.3 Å². The Hall–Kier alpha value is -4.78. The Kier molecular flexibility index (Phi) is 5.15. The summed E-state index contributed by atoms with van der Waals surface area (Å²) in [5.41, 5.74) is 2.76. The molecule has 1 aliphatic carbocycles. The number of fused-ring (bicyclic) bond motifs is 1. The van der Waals surface area contributed by atoms with E-state index in [9.17, 15) is 18.4 Å². The molecule has 10 heteroatoms. The first kappa shape index (κ1) is 22.7. The van der Waals surface area contributed by atoms with Crippen LogP contribution in [-0.4, -0.2) is 31.9 Å². The number of nitrogens with zero attached hydrogens (tertiary/aromatic N) is 6. The van der Waals surface area contributed by atoms with Gasteiger partial charge in [-0.1, -0.05) is 12.1 Å². The highest BCUT2D eigenvalue weighted by atomic mass is 19.2. The molecule has 4 aromatic rings. The monoisotopic (exact) mass is 496 g/mol. The summed E-state index contributed by atoms with van der Waals surface area (Å²) in [7, 11) is 1.80. The summed E-state index contributed by atoms with van der Waals surface area (Å²) in [5.74, 6) is -1.93. The number of anilines is 1. The van der Waals surface area contributed by atoms with Crippen molar-refractivity contribution < 1.29 is 18.4 Å². The van der Waals surface area contributed by atoms with Gasteiger partial charge in [0, 0.05) is 35.3 Å². The fourth-order valence-corrected chi connectivity index (χ4v) is 4.66. The van der Waals surface area contributed by atoms with Crippen LogP contribution in [0.15, 0.2) is 42.7 Å². The van der Waals surface area contributed by atoms with Gasteiger partial charge in [0.05, 0.1) is 18.7 Å². The number of hydrogen-bond acceptors (Lipinski definition) is 5. The SMILES string of the molecule is [C-]#[N+]c1ccc(-c2cc(C3CC3)nc(N3Cc4c(cc(C=O)c(F)c4F)C3=O)c2)c(-c2nncn2C)c1. The molecule has 8 nitrogen and oxygen atoms in total. The number of carbonyl (C=O) groups is 2. The first-order valence-corrected chi connectivity index (χ1v) is 11.6. The van der Waals surface area contributed by atoms with Gasteiger partial charge in [-0.25, -0.2) is 18.6 Å². The minimum Gasteiger partial charge on any atom is -0.317 e. The second kappa shape index (κ2) is 8.41. The van der Waals surface area contributed by atoms with Gasteiger partial charge < -0.3 is 4.57 Å². The van der Waals surface area contributed by atoms with Crippen molar-refractivity contribution in [2.75, 3.05) is 4.90 Å². The summed E-state index contributed by atoms with van der Waals surface area (Å²) in [6.07, 6.45) is 3.68. The molecule has 0 unspecified atom stereocenters. The van der Waals surface area contributed by atoms with Gasteiger partial charge >= 0.3 is 0 Å². The van der Waals surface area contributed by atoms with Gasteiger partial charge in [0.15, 0.2) is 29.4 Å². The molecular formula is C27H18F2N6O2. The second-order valence-corrected chi connectivity index (χ2v) is 9.15. The van der Waals surface area contributed by atoms with Crippen LogP contribution in [0.5, 0.6) is 0 Å². The van der Waals surface area contributed by atoms with E-state index in [1.165, 1.54) is 4.90 Å². The van der Waals surface area contributed by atoms with E-state index in [-0.39, 0.29) is 29.9 Å². The number of pyridine rings is 1. The smallest absolute Gasteiger partial charge is 0.260 e. The molecule has 3 heterocycles. The molecule has 0 atom stereocenters. The van der Waals surface area contributed by atoms with Gasteiger partial charge in [-0.3, -0.25) is 14.5 Å². The Morgan fingerprint density at radius 3 is 2.57 bits per heavy atom. The van der Waals surface area contributed by atoms with E-state index in [0.29, 0.717) is 22.9 Å². The zero-order valence-corrected chi connectivity index (χ0v) is 19.6. The second-order valence-electron chi connectivity index (χ2n) is 9.15. The van der Waals surface area contributed by atoms with Crippen LogP contribution in [0.2, 0.25) is 0 Å². The number of aromatic nitrogens is 4. The average molecular weight is 496 g/mol. The van der Waals surface area contributed by atoms with Crippen molar-refractivity contribution in [2.24, 2.45) is 7.05 Å². The van der Waals surface area contributed by atoms with Crippen molar-refractivity contribution in [3.8, 4) is 22.5 Å². The Balaban J connectivity index is 1.50. The van der Waals surface area contributed by atoms with Crippen molar-refractivity contribution in [3.63, 3.8) is 0 Å². The molecule has 0 radical (unpaired) electrons. The van der Waals surface area contributed by atoms with Crippen LogP contribution in [0.4, 0.5) is 20.3 Å². The van der Waals surface area contributed by atoms with Crippen LogP contribution in [0, 0.1) is 18.2 Å². The molecule has 1 fully saturated rings. The molecule has 6 rings (SSSR count). The maximum absolute atomic E-state index is 14.7. The van der Waals surface area contributed by atoms with Crippen LogP contribution in [0.25, 0.3) is 27.4 Å². The molecule has 2 aromatic carbocycles. The van der Waals surface area contributed by atoms with E-state index in [2.05, 4.69) is 15.0 Å². The van der Waals surface area contributed by atoms with E-state index in [1.54, 1.807) is 36.1 Å². The minimum atomic E-state index is -1.27. The molecule has 0 saturated heterocycles. The lowest BCUT2D eigenvalue weighted by Gasteiger charge is -2.18. The zero-order valence-electron chi connectivity index (χ0n) is 19.6. The predicted molar refractivity (Wildman–Crippen MR) is 130 cm³/mol. The lowest BCUT2D eigenvalue weighted by atomic mass is 9.97. The number of amides is 1. The largest absolute Gasteiger partial charge is 0.317 e. The number of carbonyl (C=O) groups excluding carboxylic acids is 2. The molecule has 0 bridgehead atoms. The van der Waals surface area contributed by atoms with E-state index in [1.807, 2.05) is 12.1 Å². The fourth-order valence-electron chi connectivity index (χ4n) is 4.66. The highest BCUT2D eigenvalue weighted by Crippen LogP contribution is 2.43. The van der Waals surface area contributed by atoms with Gasteiger partial charge in [-0.05, 0) is 48.2 Å². The average Bonchev–Trinajstić information content (AvgIpc) is 3.60. The summed E-state index contributed by atoms with van der Waals surface area (Å²) < 4.78 is 30.7. The quantitative estimate of drug-likeness (QED) is 0.279. The number of aryl methyl sites for hydroxylation is 1. The van der Waals surface area contributed by atoms with Gasteiger partial charge in [0.2, 0.25) is 0 Å². The zero-order chi connectivity index (χ0) is 25.8. The first-order chi connectivity index (χ1) is 17.9. The van der Waals surface area contributed by atoms with Crippen LogP contribution in [0.3, 0.4) is 0 Å². The van der Waals surface area contributed by atoms with Crippen LogP contribution < -0.4 is 4.90 Å². The van der Waals surface area contributed by atoms with Crippen molar-refractivity contribution in [1.82, 2.24) is 19.7 Å².